The smallest absolute Gasteiger partial charge is 0.434 e. The van der Waals surface area contributed by atoms with Gasteiger partial charge in [-0.3, -0.25) is 10.1 Å². The van der Waals surface area contributed by atoms with Crippen LogP contribution < -0.4 is 10.1 Å². The van der Waals surface area contributed by atoms with E-state index in [-0.39, 0.29) is 24.2 Å². The molecule has 2 aromatic carbocycles. The van der Waals surface area contributed by atoms with Crippen LogP contribution in [0.15, 0.2) is 60.0 Å². The lowest BCUT2D eigenvalue weighted by atomic mass is 10.2. The highest BCUT2D eigenvalue weighted by Gasteiger charge is 2.14. The maximum absolute atomic E-state index is 12.5. The number of rotatable bonds is 5. The fourth-order valence-corrected chi connectivity index (χ4v) is 3.46. The lowest BCUT2D eigenvalue weighted by Crippen LogP contribution is -2.13. The number of carbonyl (C=O) groups excluding carboxylic acids is 2. The predicted molar refractivity (Wildman–Crippen MR) is 108 cm³/mol. The van der Waals surface area contributed by atoms with Gasteiger partial charge in [0.2, 0.25) is 4.96 Å². The summed E-state index contributed by atoms with van der Waals surface area (Å²) in [7, 11) is 0. The molecule has 0 radical (unpaired) electrons. The van der Waals surface area contributed by atoms with Crippen LogP contribution in [0.2, 0.25) is 0 Å². The van der Waals surface area contributed by atoms with E-state index in [1.807, 2.05) is 35.7 Å². The van der Waals surface area contributed by atoms with Crippen LogP contribution in [0.25, 0.3) is 16.2 Å². The van der Waals surface area contributed by atoms with Gasteiger partial charge in [0.25, 0.3) is 11.9 Å². The van der Waals surface area contributed by atoms with Crippen molar-refractivity contribution in [2.75, 3.05) is 11.9 Å². The number of amides is 1. The summed E-state index contributed by atoms with van der Waals surface area (Å²) < 4.78 is 11.4. The first-order valence-electron chi connectivity index (χ1n) is 8.79. The zero-order valence-corrected chi connectivity index (χ0v) is 16.2. The predicted octanol–water partition coefficient (Wildman–Crippen LogP) is 4.25. The first kappa shape index (κ1) is 18.6. The SMILES string of the molecule is CCOC(=O)Oc1ccc(C(=O)Nc2nc3scc(-c4ccccc4)n3n2)cc1. The van der Waals surface area contributed by atoms with Crippen LogP contribution in [0.5, 0.6) is 5.75 Å². The molecular weight excluding hydrogens is 392 g/mol. The highest BCUT2D eigenvalue weighted by atomic mass is 32.1. The largest absolute Gasteiger partial charge is 0.513 e. The van der Waals surface area contributed by atoms with Crippen molar-refractivity contribution >= 4 is 34.3 Å². The Morgan fingerprint density at radius 3 is 2.59 bits per heavy atom. The molecule has 0 aliphatic carbocycles. The molecule has 0 fully saturated rings. The number of benzene rings is 2. The Labute approximate surface area is 169 Å². The highest BCUT2D eigenvalue weighted by Crippen LogP contribution is 2.25. The molecule has 0 atom stereocenters. The third-order valence-electron chi connectivity index (χ3n) is 3.96. The average molecular weight is 408 g/mol. The maximum atomic E-state index is 12.5. The summed E-state index contributed by atoms with van der Waals surface area (Å²) in [6.07, 6.45) is -0.791. The molecule has 0 saturated carbocycles. The summed E-state index contributed by atoms with van der Waals surface area (Å²) >= 11 is 1.44. The molecule has 8 nitrogen and oxygen atoms in total. The molecule has 4 rings (SSSR count). The van der Waals surface area contributed by atoms with Crippen molar-refractivity contribution in [1.29, 1.82) is 0 Å². The van der Waals surface area contributed by atoms with E-state index in [1.165, 1.54) is 35.6 Å². The zero-order valence-electron chi connectivity index (χ0n) is 15.4. The van der Waals surface area contributed by atoms with Crippen molar-refractivity contribution in [2.45, 2.75) is 6.92 Å². The van der Waals surface area contributed by atoms with Crippen LogP contribution in [-0.4, -0.2) is 33.3 Å². The Morgan fingerprint density at radius 1 is 1.10 bits per heavy atom. The van der Waals surface area contributed by atoms with Crippen molar-refractivity contribution in [3.8, 4) is 17.0 Å². The van der Waals surface area contributed by atoms with Gasteiger partial charge in [-0.05, 0) is 31.2 Å². The van der Waals surface area contributed by atoms with E-state index in [9.17, 15) is 9.59 Å². The molecule has 9 heteroatoms. The van der Waals surface area contributed by atoms with Gasteiger partial charge in [0.05, 0.1) is 12.3 Å². The van der Waals surface area contributed by atoms with Gasteiger partial charge in [-0.2, -0.15) is 4.98 Å². The minimum Gasteiger partial charge on any atom is -0.434 e. The third kappa shape index (κ3) is 4.09. The van der Waals surface area contributed by atoms with Crippen LogP contribution in [-0.2, 0) is 4.74 Å². The number of fused-ring (bicyclic) bond motifs is 1. The summed E-state index contributed by atoms with van der Waals surface area (Å²) in [4.78, 5) is 28.8. The lowest BCUT2D eigenvalue weighted by molar-refractivity contribution is 0.102. The number of carbonyl (C=O) groups is 2. The Hall–Kier alpha value is -3.72. The molecular formula is C20H16N4O4S. The zero-order chi connectivity index (χ0) is 20.2. The molecule has 146 valence electrons. The summed E-state index contributed by atoms with van der Waals surface area (Å²) in [6.45, 7) is 1.91. The molecule has 0 spiro atoms. The van der Waals surface area contributed by atoms with Crippen molar-refractivity contribution in [2.24, 2.45) is 0 Å². The quantitative estimate of drug-likeness (QED) is 0.392. The number of aromatic nitrogens is 3. The summed E-state index contributed by atoms with van der Waals surface area (Å²) in [5.41, 5.74) is 2.29. The van der Waals surface area contributed by atoms with Crippen LogP contribution in [0.3, 0.4) is 0 Å². The van der Waals surface area contributed by atoms with E-state index in [2.05, 4.69) is 15.4 Å². The molecule has 1 amide bonds. The van der Waals surface area contributed by atoms with E-state index >= 15 is 0 Å². The fraction of sp³-hybridized carbons (Fsp3) is 0.100. The molecule has 29 heavy (non-hydrogen) atoms. The number of anilines is 1. The molecule has 2 heterocycles. The molecule has 2 aromatic heterocycles. The fourth-order valence-electron chi connectivity index (χ4n) is 2.63. The standard InChI is InChI=1S/C20H16N4O4S/c1-2-27-20(26)28-15-10-8-14(9-11-15)17(25)21-18-22-19-24(23-18)16(12-29-19)13-6-4-3-5-7-13/h3-12H,2H2,1H3,(H,21,23,25). The van der Waals surface area contributed by atoms with Crippen molar-refractivity contribution in [1.82, 2.24) is 14.6 Å². The second-order valence-corrected chi connectivity index (χ2v) is 6.72. The van der Waals surface area contributed by atoms with Crippen LogP contribution in [0.1, 0.15) is 17.3 Å². The molecule has 1 N–H and O–H groups in total. The minimum absolute atomic E-state index is 0.214. The topological polar surface area (TPSA) is 94.8 Å². The summed E-state index contributed by atoms with van der Waals surface area (Å²) in [5.74, 6) is 0.131. The van der Waals surface area contributed by atoms with Crippen LogP contribution in [0, 0.1) is 0 Å². The summed E-state index contributed by atoms with van der Waals surface area (Å²) in [5, 5.41) is 9.05. The van der Waals surface area contributed by atoms with Gasteiger partial charge in [0, 0.05) is 16.5 Å². The van der Waals surface area contributed by atoms with Crippen molar-refractivity contribution < 1.29 is 19.1 Å². The second kappa shape index (κ2) is 8.11. The summed E-state index contributed by atoms with van der Waals surface area (Å²) in [6, 6.07) is 15.9. The first-order valence-corrected chi connectivity index (χ1v) is 9.67. The molecule has 0 unspecified atom stereocenters. The third-order valence-corrected chi connectivity index (χ3v) is 4.77. The first-order chi connectivity index (χ1) is 14.1. The van der Waals surface area contributed by atoms with Gasteiger partial charge in [-0.15, -0.1) is 16.4 Å². The number of hydrogen-bond acceptors (Lipinski definition) is 7. The Balaban J connectivity index is 1.48. The number of hydrogen-bond donors (Lipinski definition) is 1. The van der Waals surface area contributed by atoms with Gasteiger partial charge in [0.15, 0.2) is 0 Å². The maximum Gasteiger partial charge on any atom is 0.513 e. The number of thiazole rings is 1. The molecule has 0 aliphatic rings. The normalized spacial score (nSPS) is 10.7. The van der Waals surface area contributed by atoms with E-state index in [4.69, 9.17) is 9.47 Å². The van der Waals surface area contributed by atoms with Gasteiger partial charge >= 0.3 is 6.16 Å². The Morgan fingerprint density at radius 2 is 1.86 bits per heavy atom. The van der Waals surface area contributed by atoms with Gasteiger partial charge < -0.3 is 9.47 Å². The highest BCUT2D eigenvalue weighted by molar-refractivity contribution is 7.15. The van der Waals surface area contributed by atoms with Gasteiger partial charge in [0.1, 0.15) is 5.75 Å². The number of nitrogens with one attached hydrogen (secondary N) is 1. The van der Waals surface area contributed by atoms with E-state index in [0.29, 0.717) is 10.5 Å². The van der Waals surface area contributed by atoms with E-state index in [0.717, 1.165) is 11.3 Å². The molecule has 0 aliphatic heterocycles. The monoisotopic (exact) mass is 408 g/mol. The minimum atomic E-state index is -0.791. The van der Waals surface area contributed by atoms with Gasteiger partial charge in [-0.1, -0.05) is 30.3 Å². The molecule has 0 saturated heterocycles. The van der Waals surface area contributed by atoms with E-state index in [1.54, 1.807) is 11.4 Å². The lowest BCUT2D eigenvalue weighted by Gasteiger charge is -2.05. The number of nitrogens with zero attached hydrogens (tertiary/aromatic N) is 3. The van der Waals surface area contributed by atoms with E-state index < -0.39 is 6.16 Å². The van der Waals surface area contributed by atoms with Crippen LogP contribution in [0.4, 0.5) is 10.7 Å². The van der Waals surface area contributed by atoms with Crippen molar-refractivity contribution in [3.05, 3.63) is 65.5 Å². The second-order valence-electron chi connectivity index (χ2n) is 5.88. The number of ether oxygens (including phenoxy) is 2. The molecule has 0 bridgehead atoms. The Bertz CT molecular complexity index is 1150. The van der Waals surface area contributed by atoms with Crippen molar-refractivity contribution in [3.63, 3.8) is 0 Å². The molecule has 4 aromatic rings. The van der Waals surface area contributed by atoms with Crippen LogP contribution >= 0.6 is 11.3 Å². The van der Waals surface area contributed by atoms with Gasteiger partial charge in [-0.25, -0.2) is 9.31 Å². The average Bonchev–Trinajstić information content (AvgIpc) is 3.29. The Kier molecular flexibility index (Phi) is 5.21.